The molecule has 1 aromatic rings. The van der Waals surface area contributed by atoms with Crippen molar-refractivity contribution in [3.63, 3.8) is 0 Å². The van der Waals surface area contributed by atoms with E-state index in [1.54, 1.807) is 6.07 Å². The summed E-state index contributed by atoms with van der Waals surface area (Å²) in [6, 6.07) is 2.03. The standard InChI is InChI=1S/C14H20ClN3O/c1-3-5-16-13-7-10(11(15)8-17-13)14(19)18-12-6-9(12)4-2/h7-9,12H,3-6H2,1-2H3,(H,16,17)(H,18,19). The van der Waals surface area contributed by atoms with Gasteiger partial charge >= 0.3 is 0 Å². The van der Waals surface area contributed by atoms with Crippen LogP contribution in [0.5, 0.6) is 0 Å². The minimum Gasteiger partial charge on any atom is -0.370 e. The largest absolute Gasteiger partial charge is 0.370 e. The predicted molar refractivity (Wildman–Crippen MR) is 77.7 cm³/mol. The fourth-order valence-electron chi connectivity index (χ4n) is 2.08. The molecule has 1 aliphatic carbocycles. The van der Waals surface area contributed by atoms with E-state index < -0.39 is 0 Å². The number of amides is 1. The molecule has 0 saturated heterocycles. The number of rotatable bonds is 6. The van der Waals surface area contributed by atoms with Crippen molar-refractivity contribution < 1.29 is 4.79 Å². The molecule has 2 N–H and O–H groups in total. The van der Waals surface area contributed by atoms with Gasteiger partial charge in [-0.2, -0.15) is 0 Å². The molecule has 2 unspecified atom stereocenters. The quantitative estimate of drug-likeness (QED) is 0.842. The van der Waals surface area contributed by atoms with Crippen LogP contribution >= 0.6 is 11.6 Å². The number of nitrogens with one attached hydrogen (secondary N) is 2. The number of hydrogen-bond acceptors (Lipinski definition) is 3. The number of hydrogen-bond donors (Lipinski definition) is 2. The molecule has 1 aliphatic rings. The highest BCUT2D eigenvalue weighted by Crippen LogP contribution is 2.33. The maximum absolute atomic E-state index is 12.2. The van der Waals surface area contributed by atoms with E-state index in [2.05, 4.69) is 29.5 Å². The van der Waals surface area contributed by atoms with Gasteiger partial charge in [-0.1, -0.05) is 31.9 Å². The van der Waals surface area contributed by atoms with Crippen molar-refractivity contribution in [2.24, 2.45) is 5.92 Å². The molecule has 0 spiro atoms. The molecular formula is C14H20ClN3O. The lowest BCUT2D eigenvalue weighted by Gasteiger charge is -2.09. The zero-order valence-corrected chi connectivity index (χ0v) is 12.1. The molecule has 0 bridgehead atoms. The first-order valence-corrected chi connectivity index (χ1v) is 7.23. The molecule has 1 aromatic heterocycles. The van der Waals surface area contributed by atoms with Crippen LogP contribution in [0.25, 0.3) is 0 Å². The van der Waals surface area contributed by atoms with Crippen LogP contribution in [0.4, 0.5) is 5.82 Å². The van der Waals surface area contributed by atoms with Gasteiger partial charge in [-0.05, 0) is 24.8 Å². The average Bonchev–Trinajstić information content (AvgIpc) is 3.16. The highest BCUT2D eigenvalue weighted by atomic mass is 35.5. The van der Waals surface area contributed by atoms with Crippen molar-refractivity contribution in [1.82, 2.24) is 10.3 Å². The zero-order valence-electron chi connectivity index (χ0n) is 11.4. The van der Waals surface area contributed by atoms with E-state index in [9.17, 15) is 4.79 Å². The van der Waals surface area contributed by atoms with Gasteiger partial charge in [-0.15, -0.1) is 0 Å². The first kappa shape index (κ1) is 14.1. The van der Waals surface area contributed by atoms with Gasteiger partial charge in [0.05, 0.1) is 10.6 Å². The van der Waals surface area contributed by atoms with Crippen molar-refractivity contribution in [2.75, 3.05) is 11.9 Å². The van der Waals surface area contributed by atoms with Crippen LogP contribution in [0.1, 0.15) is 43.5 Å². The lowest BCUT2D eigenvalue weighted by atomic mass is 10.2. The molecule has 1 heterocycles. The topological polar surface area (TPSA) is 54.0 Å². The molecule has 19 heavy (non-hydrogen) atoms. The fourth-order valence-corrected chi connectivity index (χ4v) is 2.27. The van der Waals surface area contributed by atoms with E-state index in [-0.39, 0.29) is 5.91 Å². The molecule has 1 amide bonds. The van der Waals surface area contributed by atoms with E-state index in [1.807, 2.05) is 0 Å². The molecule has 104 valence electrons. The maximum atomic E-state index is 12.2. The van der Waals surface area contributed by atoms with E-state index in [4.69, 9.17) is 11.6 Å². The first-order chi connectivity index (χ1) is 9.15. The van der Waals surface area contributed by atoms with Crippen LogP contribution in [0.15, 0.2) is 12.3 Å². The van der Waals surface area contributed by atoms with Crippen LogP contribution in [0, 0.1) is 5.92 Å². The van der Waals surface area contributed by atoms with E-state index in [1.165, 1.54) is 6.20 Å². The van der Waals surface area contributed by atoms with Crippen molar-refractivity contribution >= 4 is 23.3 Å². The predicted octanol–water partition coefficient (Wildman–Crippen LogP) is 3.09. The Labute approximate surface area is 118 Å². The Bertz CT molecular complexity index is 464. The third-order valence-corrected chi connectivity index (χ3v) is 3.72. The van der Waals surface area contributed by atoms with Gasteiger partial charge in [0.25, 0.3) is 5.91 Å². The number of nitrogens with zero attached hydrogens (tertiary/aromatic N) is 1. The smallest absolute Gasteiger partial charge is 0.253 e. The number of halogens is 1. The highest BCUT2D eigenvalue weighted by Gasteiger charge is 2.36. The minimum atomic E-state index is -0.104. The average molecular weight is 282 g/mol. The van der Waals surface area contributed by atoms with Gasteiger partial charge < -0.3 is 10.6 Å². The summed E-state index contributed by atoms with van der Waals surface area (Å²) in [5, 5.41) is 6.57. The Hall–Kier alpha value is -1.29. The molecule has 2 rings (SSSR count). The zero-order chi connectivity index (χ0) is 13.8. The van der Waals surface area contributed by atoms with Crippen LogP contribution in [-0.4, -0.2) is 23.5 Å². The summed E-state index contributed by atoms with van der Waals surface area (Å²) >= 11 is 6.05. The SMILES string of the molecule is CCCNc1cc(C(=O)NC2CC2CC)c(Cl)cn1. The Morgan fingerprint density at radius 1 is 1.53 bits per heavy atom. The van der Waals surface area contributed by atoms with Gasteiger partial charge in [0, 0.05) is 18.8 Å². The van der Waals surface area contributed by atoms with Gasteiger partial charge in [0.15, 0.2) is 0 Å². The summed E-state index contributed by atoms with van der Waals surface area (Å²) in [5.41, 5.74) is 0.497. The number of carbonyl (C=O) groups excluding carboxylic acids is 1. The maximum Gasteiger partial charge on any atom is 0.253 e. The molecule has 2 atom stereocenters. The Morgan fingerprint density at radius 2 is 2.32 bits per heavy atom. The van der Waals surface area contributed by atoms with Crippen LogP contribution in [-0.2, 0) is 0 Å². The van der Waals surface area contributed by atoms with E-state index in [0.29, 0.717) is 28.4 Å². The molecule has 0 aromatic carbocycles. The molecule has 1 fully saturated rings. The second-order valence-corrected chi connectivity index (χ2v) is 5.37. The number of pyridine rings is 1. The Morgan fingerprint density at radius 3 is 2.95 bits per heavy atom. The first-order valence-electron chi connectivity index (χ1n) is 6.86. The van der Waals surface area contributed by atoms with Crippen LogP contribution in [0.3, 0.4) is 0 Å². The second kappa shape index (κ2) is 6.24. The molecule has 5 heteroatoms. The third-order valence-electron chi connectivity index (χ3n) is 3.42. The summed E-state index contributed by atoms with van der Waals surface area (Å²) < 4.78 is 0. The van der Waals surface area contributed by atoms with E-state index in [0.717, 1.165) is 25.8 Å². The fraction of sp³-hybridized carbons (Fsp3) is 0.571. The normalized spacial score (nSPS) is 21.0. The van der Waals surface area contributed by atoms with Gasteiger partial charge in [-0.3, -0.25) is 4.79 Å². The molecule has 1 saturated carbocycles. The lowest BCUT2D eigenvalue weighted by molar-refractivity contribution is 0.0949. The van der Waals surface area contributed by atoms with Gasteiger partial charge in [0.2, 0.25) is 0 Å². The highest BCUT2D eigenvalue weighted by molar-refractivity contribution is 6.33. The van der Waals surface area contributed by atoms with Gasteiger partial charge in [0.1, 0.15) is 5.82 Å². The van der Waals surface area contributed by atoms with Crippen LogP contribution in [0.2, 0.25) is 5.02 Å². The van der Waals surface area contributed by atoms with Crippen molar-refractivity contribution in [2.45, 2.75) is 39.2 Å². The van der Waals surface area contributed by atoms with Crippen molar-refractivity contribution in [3.8, 4) is 0 Å². The van der Waals surface area contributed by atoms with E-state index >= 15 is 0 Å². The second-order valence-electron chi connectivity index (χ2n) is 4.96. The lowest BCUT2D eigenvalue weighted by Crippen LogP contribution is -2.27. The summed E-state index contributed by atoms with van der Waals surface area (Å²) in [6.45, 7) is 5.05. The summed E-state index contributed by atoms with van der Waals surface area (Å²) in [6.07, 6.45) is 4.72. The number of anilines is 1. The molecule has 0 aliphatic heterocycles. The monoisotopic (exact) mass is 281 g/mol. The Balaban J connectivity index is 2.03. The van der Waals surface area contributed by atoms with Gasteiger partial charge in [-0.25, -0.2) is 4.98 Å². The Kier molecular flexibility index (Phi) is 4.64. The van der Waals surface area contributed by atoms with Crippen LogP contribution < -0.4 is 10.6 Å². The number of carbonyl (C=O) groups is 1. The third kappa shape index (κ3) is 3.60. The number of aromatic nitrogens is 1. The summed E-state index contributed by atoms with van der Waals surface area (Å²) in [7, 11) is 0. The molecule has 4 nitrogen and oxygen atoms in total. The molecule has 0 radical (unpaired) electrons. The summed E-state index contributed by atoms with van der Waals surface area (Å²) in [5.74, 6) is 1.22. The molecular weight excluding hydrogens is 262 g/mol. The minimum absolute atomic E-state index is 0.104. The summed E-state index contributed by atoms with van der Waals surface area (Å²) in [4.78, 5) is 16.3. The van der Waals surface area contributed by atoms with Crippen molar-refractivity contribution in [1.29, 1.82) is 0 Å². The van der Waals surface area contributed by atoms with Crippen molar-refractivity contribution in [3.05, 3.63) is 22.8 Å².